The van der Waals surface area contributed by atoms with Gasteiger partial charge in [0.2, 0.25) is 0 Å². The third-order valence-corrected chi connectivity index (χ3v) is 3.30. The van der Waals surface area contributed by atoms with Crippen LogP contribution in [0.5, 0.6) is 0 Å². The number of carbonyl (C=O) groups excluding carboxylic acids is 2. The monoisotopic (exact) mass is 316 g/mol. The molecule has 3 N–H and O–H groups in total. The molecule has 0 unspecified atom stereocenters. The first-order valence-corrected chi connectivity index (χ1v) is 7.32. The second-order valence-electron chi connectivity index (χ2n) is 5.66. The van der Waals surface area contributed by atoms with Gasteiger partial charge in [-0.1, -0.05) is 13.8 Å². The van der Waals surface area contributed by atoms with Gasteiger partial charge in [-0.2, -0.15) is 0 Å². The molecule has 2 amide bonds. The second-order valence-corrected chi connectivity index (χ2v) is 5.66. The summed E-state index contributed by atoms with van der Waals surface area (Å²) in [4.78, 5) is 23.7. The van der Waals surface area contributed by atoms with Crippen molar-refractivity contribution < 1.29 is 19.1 Å². The molecule has 1 atom stereocenters. The molecular formula is C17H20N2O4. The number of amides is 2. The van der Waals surface area contributed by atoms with Crippen LogP contribution in [0, 0.1) is 12.8 Å². The Balaban J connectivity index is 1.97. The second kappa shape index (κ2) is 7.11. The minimum atomic E-state index is -1.06. The molecule has 1 aromatic heterocycles. The molecule has 6 heteroatoms. The molecule has 23 heavy (non-hydrogen) atoms. The van der Waals surface area contributed by atoms with E-state index in [-0.39, 0.29) is 11.8 Å². The van der Waals surface area contributed by atoms with Crippen LogP contribution in [0.25, 0.3) is 0 Å². The van der Waals surface area contributed by atoms with Gasteiger partial charge < -0.3 is 20.2 Å². The van der Waals surface area contributed by atoms with Crippen LogP contribution in [0.4, 0.5) is 11.4 Å². The maximum atomic E-state index is 12.0. The normalized spacial score (nSPS) is 12.0. The summed E-state index contributed by atoms with van der Waals surface area (Å²) < 4.78 is 5.10. The van der Waals surface area contributed by atoms with E-state index in [2.05, 4.69) is 10.6 Å². The largest absolute Gasteiger partial charge is 0.469 e. The quantitative estimate of drug-likeness (QED) is 0.791. The van der Waals surface area contributed by atoms with Crippen molar-refractivity contribution in [1.29, 1.82) is 0 Å². The fraction of sp³-hybridized carbons (Fsp3) is 0.294. The lowest BCUT2D eigenvalue weighted by atomic mass is 10.1. The first-order chi connectivity index (χ1) is 10.9. The summed E-state index contributed by atoms with van der Waals surface area (Å²) >= 11 is 0. The lowest BCUT2D eigenvalue weighted by molar-refractivity contribution is -0.125. The highest BCUT2D eigenvalue weighted by atomic mass is 16.3. The number of nitrogens with one attached hydrogen (secondary N) is 2. The van der Waals surface area contributed by atoms with Crippen LogP contribution >= 0.6 is 0 Å². The molecular weight excluding hydrogens is 296 g/mol. The molecule has 1 aromatic carbocycles. The maximum absolute atomic E-state index is 12.0. The van der Waals surface area contributed by atoms with Crippen LogP contribution in [0.15, 0.2) is 41.0 Å². The minimum absolute atomic E-state index is 0.160. The van der Waals surface area contributed by atoms with E-state index in [0.29, 0.717) is 22.7 Å². The Morgan fingerprint density at radius 3 is 2.13 bits per heavy atom. The predicted octanol–water partition coefficient (Wildman–Crippen LogP) is 2.80. The van der Waals surface area contributed by atoms with Crippen molar-refractivity contribution in [2.24, 2.45) is 5.92 Å². The minimum Gasteiger partial charge on any atom is -0.469 e. The average Bonchev–Trinajstić information content (AvgIpc) is 2.95. The Morgan fingerprint density at radius 2 is 1.65 bits per heavy atom. The van der Waals surface area contributed by atoms with Gasteiger partial charge >= 0.3 is 0 Å². The molecule has 1 heterocycles. The zero-order chi connectivity index (χ0) is 17.0. The molecule has 0 aliphatic rings. The van der Waals surface area contributed by atoms with Gasteiger partial charge in [0.15, 0.2) is 0 Å². The molecule has 2 aromatic rings. The average molecular weight is 316 g/mol. The number of aryl methyl sites for hydroxylation is 1. The summed E-state index contributed by atoms with van der Waals surface area (Å²) in [5.41, 5.74) is 1.59. The molecule has 0 radical (unpaired) electrons. The van der Waals surface area contributed by atoms with E-state index in [1.165, 1.54) is 6.26 Å². The van der Waals surface area contributed by atoms with E-state index in [1.807, 2.05) is 0 Å². The Hall–Kier alpha value is -2.60. The van der Waals surface area contributed by atoms with Crippen LogP contribution in [0.1, 0.15) is 30.0 Å². The number of aliphatic hydroxyl groups is 1. The number of rotatable bonds is 5. The van der Waals surface area contributed by atoms with Crippen molar-refractivity contribution in [3.05, 3.63) is 47.9 Å². The maximum Gasteiger partial charge on any atom is 0.258 e. The number of hydrogen-bond acceptors (Lipinski definition) is 4. The SMILES string of the molecule is Cc1cc(C(=O)Nc2ccc(NC(=O)[C@@H](O)C(C)C)cc2)co1. The molecule has 0 aliphatic carbocycles. The summed E-state index contributed by atoms with van der Waals surface area (Å²) in [6.45, 7) is 5.29. The first-order valence-electron chi connectivity index (χ1n) is 7.32. The van der Waals surface area contributed by atoms with Gasteiger partial charge in [-0.25, -0.2) is 0 Å². The van der Waals surface area contributed by atoms with E-state index in [9.17, 15) is 14.7 Å². The first kappa shape index (κ1) is 16.8. The van der Waals surface area contributed by atoms with E-state index in [0.717, 1.165) is 0 Å². The fourth-order valence-electron chi connectivity index (χ4n) is 1.92. The number of furan rings is 1. The summed E-state index contributed by atoms with van der Waals surface area (Å²) in [6.07, 6.45) is 0.339. The standard InChI is InChI=1S/C17H20N2O4/c1-10(2)15(20)17(22)19-14-6-4-13(5-7-14)18-16(21)12-8-11(3)23-9-12/h4-10,15,20H,1-3H3,(H,18,21)(H,19,22)/t15-/m0/s1. The molecule has 0 saturated carbocycles. The number of carbonyl (C=O) groups is 2. The molecule has 2 rings (SSSR count). The van der Waals surface area contributed by atoms with Gasteiger partial charge in [-0.05, 0) is 43.2 Å². The zero-order valence-electron chi connectivity index (χ0n) is 13.3. The number of aliphatic hydroxyl groups excluding tert-OH is 1. The van der Waals surface area contributed by atoms with E-state index >= 15 is 0 Å². The molecule has 0 saturated heterocycles. The van der Waals surface area contributed by atoms with Gasteiger partial charge in [-0.15, -0.1) is 0 Å². The Kier molecular flexibility index (Phi) is 5.18. The van der Waals surface area contributed by atoms with Crippen molar-refractivity contribution in [1.82, 2.24) is 0 Å². The molecule has 0 spiro atoms. The molecule has 0 fully saturated rings. The third-order valence-electron chi connectivity index (χ3n) is 3.30. The summed E-state index contributed by atoms with van der Waals surface area (Å²) in [6, 6.07) is 8.30. The Bertz CT molecular complexity index is 689. The number of hydrogen-bond donors (Lipinski definition) is 3. The van der Waals surface area contributed by atoms with Crippen molar-refractivity contribution in [2.75, 3.05) is 10.6 Å². The number of anilines is 2. The van der Waals surface area contributed by atoms with Gasteiger partial charge in [-0.3, -0.25) is 9.59 Å². The van der Waals surface area contributed by atoms with E-state index < -0.39 is 12.0 Å². The van der Waals surface area contributed by atoms with Gasteiger partial charge in [0.1, 0.15) is 18.1 Å². The highest BCUT2D eigenvalue weighted by Crippen LogP contribution is 2.16. The lowest BCUT2D eigenvalue weighted by Crippen LogP contribution is -2.31. The predicted molar refractivity (Wildman–Crippen MR) is 87.3 cm³/mol. The summed E-state index contributed by atoms with van der Waals surface area (Å²) in [5.74, 6) is -0.219. The molecule has 122 valence electrons. The van der Waals surface area contributed by atoms with Crippen LogP contribution < -0.4 is 10.6 Å². The highest BCUT2D eigenvalue weighted by Gasteiger charge is 2.18. The number of benzene rings is 1. The summed E-state index contributed by atoms with van der Waals surface area (Å²) in [7, 11) is 0. The van der Waals surface area contributed by atoms with E-state index in [4.69, 9.17) is 4.42 Å². The summed E-state index contributed by atoms with van der Waals surface area (Å²) in [5, 5.41) is 15.0. The van der Waals surface area contributed by atoms with E-state index in [1.54, 1.807) is 51.1 Å². The topological polar surface area (TPSA) is 91.6 Å². The van der Waals surface area contributed by atoms with Gasteiger partial charge in [0.25, 0.3) is 11.8 Å². The van der Waals surface area contributed by atoms with Crippen molar-refractivity contribution in [3.63, 3.8) is 0 Å². The Morgan fingerprint density at radius 1 is 1.09 bits per heavy atom. The van der Waals surface area contributed by atoms with Crippen molar-refractivity contribution in [3.8, 4) is 0 Å². The van der Waals surface area contributed by atoms with Crippen LogP contribution in [0.2, 0.25) is 0 Å². The molecule has 6 nitrogen and oxygen atoms in total. The van der Waals surface area contributed by atoms with Crippen LogP contribution in [-0.2, 0) is 4.79 Å². The molecule has 0 bridgehead atoms. The van der Waals surface area contributed by atoms with Crippen molar-refractivity contribution in [2.45, 2.75) is 26.9 Å². The fourth-order valence-corrected chi connectivity index (χ4v) is 1.92. The zero-order valence-corrected chi connectivity index (χ0v) is 13.3. The smallest absolute Gasteiger partial charge is 0.258 e. The van der Waals surface area contributed by atoms with Crippen molar-refractivity contribution >= 4 is 23.2 Å². The van der Waals surface area contributed by atoms with Crippen LogP contribution in [0.3, 0.4) is 0 Å². The molecule has 0 aliphatic heterocycles. The lowest BCUT2D eigenvalue weighted by Gasteiger charge is -2.14. The van der Waals surface area contributed by atoms with Gasteiger partial charge in [0, 0.05) is 11.4 Å². The van der Waals surface area contributed by atoms with Crippen LogP contribution in [-0.4, -0.2) is 23.0 Å². The van der Waals surface area contributed by atoms with Gasteiger partial charge in [0.05, 0.1) is 5.56 Å². The Labute approximate surface area is 134 Å². The highest BCUT2D eigenvalue weighted by molar-refractivity contribution is 6.04. The third kappa shape index (κ3) is 4.43.